The van der Waals surface area contributed by atoms with E-state index < -0.39 is 11.6 Å². The summed E-state index contributed by atoms with van der Waals surface area (Å²) in [5, 5.41) is 4.48. The van der Waals surface area contributed by atoms with Gasteiger partial charge in [0, 0.05) is 12.1 Å². The van der Waals surface area contributed by atoms with Crippen LogP contribution in [-0.2, 0) is 11.3 Å². The van der Waals surface area contributed by atoms with Gasteiger partial charge in [-0.3, -0.25) is 18.7 Å². The van der Waals surface area contributed by atoms with E-state index in [4.69, 9.17) is 9.47 Å². The average Bonchev–Trinajstić information content (AvgIpc) is 3.15. The molecule has 2 aromatic heterocycles. The Kier molecular flexibility index (Phi) is 5.55. The molecule has 28 heavy (non-hydrogen) atoms. The number of benzene rings is 1. The summed E-state index contributed by atoms with van der Waals surface area (Å²) >= 11 is 1.25. The Bertz CT molecular complexity index is 1140. The highest BCUT2D eigenvalue weighted by Gasteiger charge is 2.18. The van der Waals surface area contributed by atoms with E-state index in [2.05, 4.69) is 5.32 Å². The van der Waals surface area contributed by atoms with E-state index in [1.165, 1.54) is 30.1 Å². The Balaban J connectivity index is 2.00. The number of nitrogens with zero attached hydrogens (tertiary/aromatic N) is 2. The number of nitrogens with one attached hydrogen (secondary N) is 1. The van der Waals surface area contributed by atoms with E-state index in [0.29, 0.717) is 27.4 Å². The van der Waals surface area contributed by atoms with Crippen molar-refractivity contribution in [2.75, 3.05) is 19.5 Å². The molecule has 2 heterocycles. The van der Waals surface area contributed by atoms with Crippen molar-refractivity contribution in [2.45, 2.75) is 26.4 Å². The lowest BCUT2D eigenvalue weighted by Crippen LogP contribution is -2.42. The van der Waals surface area contributed by atoms with Crippen molar-refractivity contribution in [1.82, 2.24) is 9.13 Å². The van der Waals surface area contributed by atoms with Crippen LogP contribution in [0, 0.1) is 0 Å². The van der Waals surface area contributed by atoms with Gasteiger partial charge < -0.3 is 14.8 Å². The molecule has 0 saturated carbocycles. The van der Waals surface area contributed by atoms with Crippen LogP contribution >= 0.6 is 11.3 Å². The molecule has 148 valence electrons. The van der Waals surface area contributed by atoms with Gasteiger partial charge in [0.25, 0.3) is 5.56 Å². The molecule has 0 saturated heterocycles. The maximum atomic E-state index is 12.9. The van der Waals surface area contributed by atoms with Crippen LogP contribution in [0.1, 0.15) is 19.9 Å². The van der Waals surface area contributed by atoms with Crippen molar-refractivity contribution in [3.63, 3.8) is 0 Å². The molecular weight excluding hydrogens is 382 g/mol. The number of hydrogen-bond donors (Lipinski definition) is 1. The van der Waals surface area contributed by atoms with E-state index in [0.717, 1.165) is 4.57 Å². The first kappa shape index (κ1) is 19.7. The maximum absolute atomic E-state index is 12.9. The Morgan fingerprint density at radius 3 is 2.57 bits per heavy atom. The molecule has 8 nitrogen and oxygen atoms in total. The SMILES string of the molecule is COc1ccc(OC)c(NC(=O)Cn2c(=O)n(C(C)C)c(=O)c3sccc32)c1. The fourth-order valence-corrected chi connectivity index (χ4v) is 3.79. The van der Waals surface area contributed by atoms with E-state index in [-0.39, 0.29) is 18.1 Å². The Morgan fingerprint density at radius 1 is 1.18 bits per heavy atom. The average molecular weight is 403 g/mol. The maximum Gasteiger partial charge on any atom is 0.332 e. The number of ether oxygens (including phenoxy) is 2. The second-order valence-corrected chi connectivity index (χ2v) is 7.30. The highest BCUT2D eigenvalue weighted by Crippen LogP contribution is 2.29. The van der Waals surface area contributed by atoms with Crippen LogP contribution in [0.5, 0.6) is 11.5 Å². The van der Waals surface area contributed by atoms with Crippen LogP contribution in [0.2, 0.25) is 0 Å². The fourth-order valence-electron chi connectivity index (χ4n) is 2.96. The first-order valence-electron chi connectivity index (χ1n) is 8.61. The first-order valence-corrected chi connectivity index (χ1v) is 9.49. The standard InChI is InChI=1S/C19H21N3O5S/c1-11(2)22-18(24)17-14(7-8-28-17)21(19(22)25)10-16(23)20-13-9-12(26-3)5-6-15(13)27-4/h5-9,11H,10H2,1-4H3,(H,20,23). The van der Waals surface area contributed by atoms with Crippen LogP contribution in [0.15, 0.2) is 39.2 Å². The normalized spacial score (nSPS) is 11.0. The number of anilines is 1. The molecule has 1 N–H and O–H groups in total. The molecular formula is C19H21N3O5S. The molecule has 0 spiro atoms. The topological polar surface area (TPSA) is 91.6 Å². The molecule has 0 atom stereocenters. The molecule has 9 heteroatoms. The molecule has 0 bridgehead atoms. The highest BCUT2D eigenvalue weighted by molar-refractivity contribution is 7.17. The van der Waals surface area contributed by atoms with E-state index in [1.54, 1.807) is 43.5 Å². The summed E-state index contributed by atoms with van der Waals surface area (Å²) in [5.41, 5.74) is 0.0260. The number of carbonyl (C=O) groups is 1. The number of methoxy groups -OCH3 is 2. The van der Waals surface area contributed by atoms with Crippen LogP contribution < -0.4 is 26.0 Å². The zero-order chi connectivity index (χ0) is 20.4. The van der Waals surface area contributed by atoms with Crippen LogP contribution in [0.4, 0.5) is 5.69 Å². The van der Waals surface area contributed by atoms with Gasteiger partial charge in [0.05, 0.1) is 25.4 Å². The second-order valence-electron chi connectivity index (χ2n) is 6.39. The van der Waals surface area contributed by atoms with Gasteiger partial charge in [-0.25, -0.2) is 4.79 Å². The minimum absolute atomic E-state index is 0.237. The van der Waals surface area contributed by atoms with E-state index in [1.807, 2.05) is 0 Å². The first-order chi connectivity index (χ1) is 13.4. The van der Waals surface area contributed by atoms with Crippen molar-refractivity contribution < 1.29 is 14.3 Å². The van der Waals surface area contributed by atoms with Crippen LogP contribution in [0.25, 0.3) is 10.2 Å². The van der Waals surface area contributed by atoms with Gasteiger partial charge in [-0.15, -0.1) is 11.3 Å². The predicted molar refractivity (Wildman–Crippen MR) is 109 cm³/mol. The molecule has 0 fully saturated rings. The number of carbonyl (C=O) groups excluding carboxylic acids is 1. The third-order valence-electron chi connectivity index (χ3n) is 4.28. The number of rotatable bonds is 6. The number of hydrogen-bond acceptors (Lipinski definition) is 6. The number of aromatic nitrogens is 2. The second kappa shape index (κ2) is 7.89. The van der Waals surface area contributed by atoms with Crippen molar-refractivity contribution in [3.05, 3.63) is 50.5 Å². The molecule has 1 amide bonds. The van der Waals surface area contributed by atoms with Gasteiger partial charge in [-0.1, -0.05) is 0 Å². The molecule has 3 rings (SSSR count). The molecule has 1 aromatic carbocycles. The quantitative estimate of drug-likeness (QED) is 0.683. The molecule has 0 aliphatic heterocycles. The monoisotopic (exact) mass is 403 g/mol. The smallest absolute Gasteiger partial charge is 0.332 e. The summed E-state index contributed by atoms with van der Waals surface area (Å²) in [5.74, 6) is 0.603. The third kappa shape index (κ3) is 3.53. The van der Waals surface area contributed by atoms with Gasteiger partial charge in [-0.05, 0) is 37.4 Å². The predicted octanol–water partition coefficient (Wildman–Crippen LogP) is 2.46. The highest BCUT2D eigenvalue weighted by atomic mass is 32.1. The van der Waals surface area contributed by atoms with Crippen LogP contribution in [0.3, 0.4) is 0 Å². The van der Waals surface area contributed by atoms with Crippen molar-refractivity contribution in [1.29, 1.82) is 0 Å². The van der Waals surface area contributed by atoms with Gasteiger partial charge >= 0.3 is 5.69 Å². The van der Waals surface area contributed by atoms with Gasteiger partial charge in [0.2, 0.25) is 5.91 Å². The molecule has 0 unspecified atom stereocenters. The molecule has 0 aliphatic carbocycles. The summed E-state index contributed by atoms with van der Waals surface area (Å²) in [6.07, 6.45) is 0. The minimum atomic E-state index is -0.515. The molecule has 0 aliphatic rings. The summed E-state index contributed by atoms with van der Waals surface area (Å²) in [6, 6.07) is 6.38. The molecule has 0 radical (unpaired) electrons. The van der Waals surface area contributed by atoms with Crippen molar-refractivity contribution >= 4 is 33.1 Å². The van der Waals surface area contributed by atoms with Gasteiger partial charge in [0.1, 0.15) is 22.7 Å². The summed E-state index contributed by atoms with van der Waals surface area (Å²) in [6.45, 7) is 3.28. The summed E-state index contributed by atoms with van der Waals surface area (Å²) in [7, 11) is 3.02. The zero-order valence-electron chi connectivity index (χ0n) is 16.0. The van der Waals surface area contributed by atoms with Gasteiger partial charge in [0.15, 0.2) is 0 Å². The third-order valence-corrected chi connectivity index (χ3v) is 5.18. The minimum Gasteiger partial charge on any atom is -0.497 e. The van der Waals surface area contributed by atoms with E-state index in [9.17, 15) is 14.4 Å². The fraction of sp³-hybridized carbons (Fsp3) is 0.316. The lowest BCUT2D eigenvalue weighted by molar-refractivity contribution is -0.116. The Hall–Kier alpha value is -3.07. The molecule has 3 aromatic rings. The van der Waals surface area contributed by atoms with Gasteiger partial charge in [-0.2, -0.15) is 0 Å². The summed E-state index contributed by atoms with van der Waals surface area (Å²) in [4.78, 5) is 38.1. The number of amides is 1. The van der Waals surface area contributed by atoms with E-state index >= 15 is 0 Å². The number of fused-ring (bicyclic) bond motifs is 1. The lowest BCUT2D eigenvalue weighted by Gasteiger charge is -2.15. The Labute approximate surface area is 164 Å². The lowest BCUT2D eigenvalue weighted by atomic mass is 10.2. The summed E-state index contributed by atoms with van der Waals surface area (Å²) < 4.78 is 13.4. The van der Waals surface area contributed by atoms with Crippen molar-refractivity contribution in [3.8, 4) is 11.5 Å². The number of thiophene rings is 1. The Morgan fingerprint density at radius 2 is 1.93 bits per heavy atom. The zero-order valence-corrected chi connectivity index (χ0v) is 16.8. The van der Waals surface area contributed by atoms with Crippen LogP contribution in [-0.4, -0.2) is 29.3 Å². The largest absolute Gasteiger partial charge is 0.497 e. The van der Waals surface area contributed by atoms with Crippen molar-refractivity contribution in [2.24, 2.45) is 0 Å².